The van der Waals surface area contributed by atoms with E-state index in [4.69, 9.17) is 9.47 Å². The van der Waals surface area contributed by atoms with Crippen molar-refractivity contribution in [1.29, 1.82) is 0 Å². The maximum atomic E-state index is 12.3. The number of Topliss-reactive ketones (excluding diaryl/α,β-unsaturated/α-hetero) is 1. The average molecular weight is 368 g/mol. The monoisotopic (exact) mass is 368 g/mol. The van der Waals surface area contributed by atoms with Crippen LogP contribution in [0.3, 0.4) is 0 Å². The minimum absolute atomic E-state index is 0.0740. The SMILES string of the molecule is CC(=O)Nc1cccc(C(=O)OCC(=O)c2ccc3c(c2)NC(=O)CO3)c1. The molecule has 138 valence electrons. The normalized spacial score (nSPS) is 12.3. The first-order chi connectivity index (χ1) is 12.9. The Morgan fingerprint density at radius 3 is 2.74 bits per heavy atom. The number of hydrogen-bond donors (Lipinski definition) is 2. The van der Waals surface area contributed by atoms with Crippen LogP contribution in [0.5, 0.6) is 5.75 Å². The first kappa shape index (κ1) is 18.1. The number of carbonyl (C=O) groups excluding carboxylic acids is 4. The van der Waals surface area contributed by atoms with E-state index >= 15 is 0 Å². The molecule has 0 fully saturated rings. The first-order valence-electron chi connectivity index (χ1n) is 8.07. The molecule has 2 aromatic carbocycles. The Kier molecular flexibility index (Phi) is 5.16. The summed E-state index contributed by atoms with van der Waals surface area (Å²) in [5.41, 5.74) is 1.33. The maximum Gasteiger partial charge on any atom is 0.338 e. The fourth-order valence-corrected chi connectivity index (χ4v) is 2.48. The third-order valence-corrected chi connectivity index (χ3v) is 3.69. The molecular formula is C19H16N2O6. The van der Waals surface area contributed by atoms with Crippen LogP contribution in [-0.2, 0) is 14.3 Å². The van der Waals surface area contributed by atoms with Crippen molar-refractivity contribution in [3.63, 3.8) is 0 Å². The lowest BCUT2D eigenvalue weighted by Crippen LogP contribution is -2.25. The summed E-state index contributed by atoms with van der Waals surface area (Å²) < 4.78 is 10.3. The minimum Gasteiger partial charge on any atom is -0.482 e. The van der Waals surface area contributed by atoms with E-state index in [9.17, 15) is 19.2 Å². The van der Waals surface area contributed by atoms with Gasteiger partial charge in [0, 0.05) is 18.2 Å². The van der Waals surface area contributed by atoms with Crippen LogP contribution in [0.25, 0.3) is 0 Å². The zero-order chi connectivity index (χ0) is 19.4. The molecular weight excluding hydrogens is 352 g/mol. The number of esters is 1. The molecule has 0 spiro atoms. The van der Waals surface area contributed by atoms with E-state index in [-0.39, 0.29) is 29.5 Å². The summed E-state index contributed by atoms with van der Waals surface area (Å²) in [7, 11) is 0. The molecule has 0 aromatic heterocycles. The molecule has 0 saturated heterocycles. The van der Waals surface area contributed by atoms with E-state index in [2.05, 4.69) is 10.6 Å². The van der Waals surface area contributed by atoms with Gasteiger partial charge >= 0.3 is 5.97 Å². The van der Waals surface area contributed by atoms with Crippen LogP contribution in [0.2, 0.25) is 0 Å². The van der Waals surface area contributed by atoms with Gasteiger partial charge in [0.05, 0.1) is 11.3 Å². The Balaban J connectivity index is 1.64. The molecule has 27 heavy (non-hydrogen) atoms. The summed E-state index contributed by atoms with van der Waals surface area (Å²) in [5, 5.41) is 5.17. The molecule has 0 bridgehead atoms. The van der Waals surface area contributed by atoms with E-state index < -0.39 is 18.4 Å². The number of rotatable bonds is 5. The van der Waals surface area contributed by atoms with Gasteiger partial charge in [-0.2, -0.15) is 0 Å². The van der Waals surface area contributed by atoms with Crippen LogP contribution in [-0.4, -0.2) is 36.8 Å². The number of benzene rings is 2. The van der Waals surface area contributed by atoms with Gasteiger partial charge in [-0.3, -0.25) is 14.4 Å². The van der Waals surface area contributed by atoms with Gasteiger partial charge in [-0.1, -0.05) is 6.07 Å². The smallest absolute Gasteiger partial charge is 0.338 e. The number of ketones is 1. The summed E-state index contributed by atoms with van der Waals surface area (Å²) >= 11 is 0. The van der Waals surface area contributed by atoms with Crippen molar-refractivity contribution in [3.05, 3.63) is 53.6 Å². The molecule has 1 aliphatic rings. The van der Waals surface area contributed by atoms with Gasteiger partial charge in [-0.25, -0.2) is 4.79 Å². The van der Waals surface area contributed by atoms with E-state index in [1.165, 1.54) is 31.2 Å². The lowest BCUT2D eigenvalue weighted by molar-refractivity contribution is -0.118. The summed E-state index contributed by atoms with van der Waals surface area (Å²) in [6.45, 7) is 0.821. The third-order valence-electron chi connectivity index (χ3n) is 3.69. The molecule has 0 aliphatic carbocycles. The van der Waals surface area contributed by atoms with Crippen molar-refractivity contribution in [2.24, 2.45) is 0 Å². The molecule has 0 radical (unpaired) electrons. The predicted molar refractivity (Wildman–Crippen MR) is 95.9 cm³/mol. The van der Waals surface area contributed by atoms with Crippen molar-refractivity contribution in [2.75, 3.05) is 23.8 Å². The molecule has 0 unspecified atom stereocenters. The Labute approximate surface area is 154 Å². The molecule has 1 heterocycles. The predicted octanol–water partition coefficient (Wildman–Crippen LogP) is 2.02. The molecule has 8 nitrogen and oxygen atoms in total. The Morgan fingerprint density at radius 2 is 1.96 bits per heavy atom. The zero-order valence-electron chi connectivity index (χ0n) is 14.4. The van der Waals surface area contributed by atoms with Crippen LogP contribution in [0.4, 0.5) is 11.4 Å². The lowest BCUT2D eigenvalue weighted by Gasteiger charge is -2.18. The van der Waals surface area contributed by atoms with Gasteiger partial charge in [0.1, 0.15) is 5.75 Å². The van der Waals surface area contributed by atoms with Crippen molar-refractivity contribution in [3.8, 4) is 5.75 Å². The molecule has 2 N–H and O–H groups in total. The van der Waals surface area contributed by atoms with E-state index in [1.807, 2.05) is 0 Å². The zero-order valence-corrected chi connectivity index (χ0v) is 14.4. The van der Waals surface area contributed by atoms with Gasteiger partial charge in [-0.15, -0.1) is 0 Å². The number of hydrogen-bond acceptors (Lipinski definition) is 6. The second-order valence-electron chi connectivity index (χ2n) is 5.81. The molecule has 2 amide bonds. The van der Waals surface area contributed by atoms with Gasteiger partial charge < -0.3 is 20.1 Å². The van der Waals surface area contributed by atoms with Gasteiger partial charge in [0.15, 0.2) is 19.0 Å². The summed E-state index contributed by atoms with van der Waals surface area (Å²) in [4.78, 5) is 46.8. The molecule has 8 heteroatoms. The highest BCUT2D eigenvalue weighted by atomic mass is 16.5. The van der Waals surface area contributed by atoms with Crippen LogP contribution < -0.4 is 15.4 Å². The number of nitrogens with one attached hydrogen (secondary N) is 2. The first-order valence-corrected chi connectivity index (χ1v) is 8.07. The number of carbonyl (C=O) groups is 4. The number of ether oxygens (including phenoxy) is 2. The molecule has 0 saturated carbocycles. The molecule has 3 rings (SSSR count). The number of anilines is 2. The number of fused-ring (bicyclic) bond motifs is 1. The van der Waals surface area contributed by atoms with Crippen LogP contribution >= 0.6 is 0 Å². The number of amides is 2. The quantitative estimate of drug-likeness (QED) is 0.617. The van der Waals surface area contributed by atoms with Crippen LogP contribution in [0, 0.1) is 0 Å². The summed E-state index contributed by atoms with van der Waals surface area (Å²) in [5.74, 6) is -1.22. The summed E-state index contributed by atoms with van der Waals surface area (Å²) in [6, 6.07) is 10.8. The minimum atomic E-state index is -0.690. The Morgan fingerprint density at radius 1 is 1.15 bits per heavy atom. The van der Waals surface area contributed by atoms with Gasteiger partial charge in [0.2, 0.25) is 5.91 Å². The van der Waals surface area contributed by atoms with Crippen molar-refractivity contribution in [2.45, 2.75) is 6.92 Å². The molecule has 1 aliphatic heterocycles. The van der Waals surface area contributed by atoms with Crippen molar-refractivity contribution in [1.82, 2.24) is 0 Å². The largest absolute Gasteiger partial charge is 0.482 e. The van der Waals surface area contributed by atoms with E-state index in [0.29, 0.717) is 17.1 Å². The van der Waals surface area contributed by atoms with Crippen molar-refractivity contribution < 1.29 is 28.7 Å². The Hall–Kier alpha value is -3.68. The maximum absolute atomic E-state index is 12.3. The van der Waals surface area contributed by atoms with Crippen molar-refractivity contribution >= 4 is 34.9 Å². The lowest BCUT2D eigenvalue weighted by atomic mass is 10.1. The van der Waals surface area contributed by atoms with E-state index in [1.54, 1.807) is 18.2 Å². The fourth-order valence-electron chi connectivity index (χ4n) is 2.48. The second-order valence-corrected chi connectivity index (χ2v) is 5.81. The standard InChI is InChI=1S/C19H16N2O6/c1-11(22)20-14-4-2-3-13(7-14)19(25)27-9-16(23)12-5-6-17-15(8-12)21-18(24)10-26-17/h2-8H,9-10H2,1H3,(H,20,22)(H,21,24). The topological polar surface area (TPSA) is 111 Å². The van der Waals surface area contributed by atoms with Crippen LogP contribution in [0.1, 0.15) is 27.6 Å². The average Bonchev–Trinajstić information content (AvgIpc) is 2.64. The molecule has 2 aromatic rings. The van der Waals surface area contributed by atoms with Gasteiger partial charge in [-0.05, 0) is 36.4 Å². The summed E-state index contributed by atoms with van der Waals surface area (Å²) in [6.07, 6.45) is 0. The highest BCUT2D eigenvalue weighted by Gasteiger charge is 2.19. The van der Waals surface area contributed by atoms with Gasteiger partial charge in [0.25, 0.3) is 5.91 Å². The highest BCUT2D eigenvalue weighted by Crippen LogP contribution is 2.28. The molecule has 0 atom stereocenters. The third kappa shape index (κ3) is 4.49. The highest BCUT2D eigenvalue weighted by molar-refractivity contribution is 6.02. The van der Waals surface area contributed by atoms with Crippen LogP contribution in [0.15, 0.2) is 42.5 Å². The van der Waals surface area contributed by atoms with E-state index in [0.717, 1.165) is 0 Å². The Bertz CT molecular complexity index is 938. The second kappa shape index (κ2) is 7.69. The fraction of sp³-hybridized carbons (Fsp3) is 0.158.